The van der Waals surface area contributed by atoms with E-state index in [4.69, 9.17) is 0 Å². The minimum Gasteiger partial charge on any atom is -0.324 e. The number of hydrogen-bond donors (Lipinski definition) is 2. The molecule has 0 amide bonds. The highest BCUT2D eigenvalue weighted by molar-refractivity contribution is 7.54. The molecule has 0 unspecified atom stereocenters. The van der Waals surface area contributed by atoms with Crippen molar-refractivity contribution in [2.24, 2.45) is 5.41 Å². The number of ketones is 1. The van der Waals surface area contributed by atoms with Crippen molar-refractivity contribution < 1.29 is 23.5 Å². The minimum absolute atomic E-state index is 0.353. The standard InChI is InChI=1S/C12H22FO4P/c1-11(2,18(15,16)17)10(14)12(7-5-8-12)6-3-4-9-13/h3-9H2,1-2H3,(H2,15,16,17). The zero-order valence-corrected chi connectivity index (χ0v) is 11.9. The van der Waals surface area contributed by atoms with E-state index in [9.17, 15) is 23.5 Å². The first kappa shape index (κ1) is 15.8. The number of carbonyl (C=O) groups excluding carboxylic acids is 1. The van der Waals surface area contributed by atoms with E-state index in [1.54, 1.807) is 0 Å². The van der Waals surface area contributed by atoms with E-state index in [0.29, 0.717) is 32.1 Å². The minimum atomic E-state index is -4.46. The smallest absolute Gasteiger partial charge is 0.324 e. The van der Waals surface area contributed by atoms with Crippen LogP contribution in [-0.2, 0) is 9.36 Å². The lowest BCUT2D eigenvalue weighted by Crippen LogP contribution is -2.48. The average molecular weight is 280 g/mol. The van der Waals surface area contributed by atoms with Gasteiger partial charge in [0.25, 0.3) is 0 Å². The lowest BCUT2D eigenvalue weighted by Gasteiger charge is -2.45. The van der Waals surface area contributed by atoms with Crippen molar-refractivity contribution in [3.05, 3.63) is 0 Å². The van der Waals surface area contributed by atoms with Gasteiger partial charge in [0.2, 0.25) is 0 Å². The molecule has 0 atom stereocenters. The molecular formula is C12H22FO4P. The van der Waals surface area contributed by atoms with Gasteiger partial charge in [-0.25, -0.2) is 0 Å². The molecule has 0 saturated heterocycles. The molecular weight excluding hydrogens is 258 g/mol. The zero-order valence-electron chi connectivity index (χ0n) is 11.0. The first-order valence-electron chi connectivity index (χ1n) is 6.34. The van der Waals surface area contributed by atoms with Crippen LogP contribution < -0.4 is 0 Å². The van der Waals surface area contributed by atoms with Gasteiger partial charge in [-0.05, 0) is 46.0 Å². The van der Waals surface area contributed by atoms with Gasteiger partial charge in [-0.3, -0.25) is 13.8 Å². The van der Waals surface area contributed by atoms with Gasteiger partial charge < -0.3 is 9.79 Å². The van der Waals surface area contributed by atoms with Gasteiger partial charge in [0.05, 0.1) is 6.67 Å². The van der Waals surface area contributed by atoms with E-state index < -0.39 is 24.8 Å². The van der Waals surface area contributed by atoms with Crippen molar-refractivity contribution >= 4 is 13.4 Å². The molecule has 4 nitrogen and oxygen atoms in total. The lowest BCUT2D eigenvalue weighted by atomic mass is 9.61. The molecule has 0 aromatic carbocycles. The summed E-state index contributed by atoms with van der Waals surface area (Å²) in [6.07, 6.45) is 3.78. The van der Waals surface area contributed by atoms with Gasteiger partial charge in [0, 0.05) is 5.41 Å². The van der Waals surface area contributed by atoms with Crippen LogP contribution in [0, 0.1) is 5.41 Å². The fraction of sp³-hybridized carbons (Fsp3) is 0.917. The lowest BCUT2D eigenvalue weighted by molar-refractivity contribution is -0.136. The van der Waals surface area contributed by atoms with Gasteiger partial charge in [-0.2, -0.15) is 0 Å². The number of Topliss-reactive ketones (excluding diaryl/α,β-unsaturated/α-hetero) is 1. The summed E-state index contributed by atoms with van der Waals surface area (Å²) in [7, 11) is -4.46. The van der Waals surface area contributed by atoms with E-state index >= 15 is 0 Å². The van der Waals surface area contributed by atoms with Crippen LogP contribution in [0.1, 0.15) is 52.4 Å². The summed E-state index contributed by atoms with van der Waals surface area (Å²) in [5.74, 6) is -0.353. The Labute approximate surface area is 107 Å². The van der Waals surface area contributed by atoms with Gasteiger partial charge in [0.15, 0.2) is 5.78 Å². The van der Waals surface area contributed by atoms with Crippen LogP contribution in [-0.4, -0.2) is 27.4 Å². The predicted octanol–water partition coefficient (Wildman–Crippen LogP) is 2.82. The van der Waals surface area contributed by atoms with Crippen molar-refractivity contribution in [1.29, 1.82) is 0 Å². The first-order valence-corrected chi connectivity index (χ1v) is 7.95. The maximum atomic E-state index is 12.4. The van der Waals surface area contributed by atoms with Crippen molar-refractivity contribution in [3.63, 3.8) is 0 Å². The Hall–Kier alpha value is -0.250. The molecule has 1 fully saturated rings. The Morgan fingerprint density at radius 3 is 2.22 bits per heavy atom. The van der Waals surface area contributed by atoms with Crippen molar-refractivity contribution in [2.45, 2.75) is 57.5 Å². The Morgan fingerprint density at radius 2 is 1.89 bits per heavy atom. The van der Waals surface area contributed by atoms with Crippen LogP contribution in [0.15, 0.2) is 0 Å². The van der Waals surface area contributed by atoms with Gasteiger partial charge >= 0.3 is 7.60 Å². The summed E-state index contributed by atoms with van der Waals surface area (Å²) >= 11 is 0. The van der Waals surface area contributed by atoms with Gasteiger partial charge in [-0.15, -0.1) is 0 Å². The third-order valence-electron chi connectivity index (χ3n) is 4.12. The van der Waals surface area contributed by atoms with Gasteiger partial charge in [-0.1, -0.05) is 6.42 Å². The molecule has 2 N–H and O–H groups in total. The second kappa shape index (κ2) is 5.40. The molecule has 0 aromatic heterocycles. The Bertz CT molecular complexity index is 357. The van der Waals surface area contributed by atoms with E-state index in [1.807, 2.05) is 0 Å². The molecule has 0 aromatic rings. The highest BCUT2D eigenvalue weighted by Gasteiger charge is 2.55. The van der Waals surface area contributed by atoms with Crippen molar-refractivity contribution in [1.82, 2.24) is 0 Å². The average Bonchev–Trinajstić information content (AvgIpc) is 2.19. The molecule has 0 heterocycles. The van der Waals surface area contributed by atoms with Crippen LogP contribution in [0.2, 0.25) is 0 Å². The number of halogens is 1. The molecule has 18 heavy (non-hydrogen) atoms. The third-order valence-corrected chi connectivity index (χ3v) is 5.77. The zero-order chi connectivity index (χ0) is 14.0. The summed E-state index contributed by atoms with van der Waals surface area (Å²) in [6, 6.07) is 0. The SMILES string of the molecule is CC(C)(C(=O)C1(CCCCF)CCC1)P(=O)(O)O. The fourth-order valence-corrected chi connectivity index (χ4v) is 3.03. The highest BCUT2D eigenvalue weighted by Crippen LogP contribution is 2.57. The van der Waals surface area contributed by atoms with E-state index in [1.165, 1.54) is 13.8 Å². The maximum absolute atomic E-state index is 12.4. The summed E-state index contributed by atoms with van der Waals surface area (Å²) in [5, 5.41) is -1.64. The number of hydrogen-bond acceptors (Lipinski definition) is 2. The quantitative estimate of drug-likeness (QED) is 0.555. The number of alkyl halides is 1. The van der Waals surface area contributed by atoms with Crippen LogP contribution in [0.3, 0.4) is 0 Å². The van der Waals surface area contributed by atoms with E-state index in [2.05, 4.69) is 0 Å². The van der Waals surface area contributed by atoms with Crippen LogP contribution >= 0.6 is 7.60 Å². The topological polar surface area (TPSA) is 74.6 Å². The largest absolute Gasteiger partial charge is 0.338 e. The Balaban J connectivity index is 2.82. The molecule has 0 radical (unpaired) electrons. The summed E-state index contributed by atoms with van der Waals surface area (Å²) in [5.41, 5.74) is -0.625. The summed E-state index contributed by atoms with van der Waals surface area (Å²) in [6.45, 7) is 2.21. The number of unbranched alkanes of at least 4 members (excludes halogenated alkanes) is 1. The fourth-order valence-electron chi connectivity index (χ4n) is 2.53. The molecule has 1 rings (SSSR count). The summed E-state index contributed by atoms with van der Waals surface area (Å²) in [4.78, 5) is 31.0. The first-order chi connectivity index (χ1) is 8.17. The Morgan fingerprint density at radius 1 is 1.33 bits per heavy atom. The van der Waals surface area contributed by atoms with Crippen molar-refractivity contribution in [3.8, 4) is 0 Å². The molecule has 0 spiro atoms. The predicted molar refractivity (Wildman–Crippen MR) is 67.2 cm³/mol. The monoisotopic (exact) mass is 280 g/mol. The molecule has 1 aliphatic rings. The molecule has 1 saturated carbocycles. The normalized spacial score (nSPS) is 19.4. The Kier molecular flexibility index (Phi) is 4.74. The van der Waals surface area contributed by atoms with Crippen LogP contribution in [0.4, 0.5) is 4.39 Å². The number of rotatable bonds is 7. The van der Waals surface area contributed by atoms with E-state index in [0.717, 1.165) is 6.42 Å². The van der Waals surface area contributed by atoms with E-state index in [-0.39, 0.29) is 5.78 Å². The molecule has 1 aliphatic carbocycles. The second-order valence-corrected chi connectivity index (χ2v) is 7.92. The molecule has 0 aliphatic heterocycles. The number of carbonyl (C=O) groups is 1. The van der Waals surface area contributed by atoms with Gasteiger partial charge in [0.1, 0.15) is 5.16 Å². The molecule has 6 heteroatoms. The summed E-state index contributed by atoms with van der Waals surface area (Å²) < 4.78 is 23.5. The van der Waals surface area contributed by atoms with Crippen LogP contribution in [0.25, 0.3) is 0 Å². The highest BCUT2D eigenvalue weighted by atomic mass is 31.2. The maximum Gasteiger partial charge on any atom is 0.338 e. The second-order valence-electron chi connectivity index (χ2n) is 5.71. The third kappa shape index (κ3) is 2.84. The molecule has 106 valence electrons. The van der Waals surface area contributed by atoms with Crippen LogP contribution in [0.5, 0.6) is 0 Å². The molecule has 0 bridgehead atoms. The van der Waals surface area contributed by atoms with Crippen molar-refractivity contribution in [2.75, 3.05) is 6.67 Å².